The standard InChI is InChI=1S/C19H24ClN3O3/c1-18(2,3)26-17(24)13-5-6-14(21-16(13)20)23-11-7-15(22-23)25-12-10-19(4)8-9-19/h5-7,11H,8-10,12H2,1-4H3. The van der Waals surface area contributed by atoms with E-state index in [9.17, 15) is 4.79 Å². The van der Waals surface area contributed by atoms with Crippen LogP contribution in [0.1, 0.15) is 57.3 Å². The van der Waals surface area contributed by atoms with E-state index in [-0.39, 0.29) is 10.7 Å². The SMILES string of the molecule is CC1(CCOc2ccn(-c3ccc(C(=O)OC(C)(C)C)c(Cl)n3)n2)CC1. The Morgan fingerprint density at radius 2 is 2.04 bits per heavy atom. The molecule has 0 saturated heterocycles. The number of rotatable bonds is 6. The molecule has 1 aliphatic carbocycles. The molecule has 7 heteroatoms. The largest absolute Gasteiger partial charge is 0.477 e. The molecule has 1 aliphatic rings. The van der Waals surface area contributed by atoms with Crippen LogP contribution in [0.25, 0.3) is 5.82 Å². The molecule has 3 rings (SSSR count). The summed E-state index contributed by atoms with van der Waals surface area (Å²) in [6.07, 6.45) is 5.34. The molecule has 6 nitrogen and oxygen atoms in total. The van der Waals surface area contributed by atoms with Crippen molar-refractivity contribution in [3.05, 3.63) is 35.1 Å². The zero-order valence-corrected chi connectivity index (χ0v) is 16.3. The number of carbonyl (C=O) groups excluding carboxylic acids is 1. The van der Waals surface area contributed by atoms with Crippen molar-refractivity contribution in [2.75, 3.05) is 6.61 Å². The molecule has 0 atom stereocenters. The van der Waals surface area contributed by atoms with Gasteiger partial charge in [-0.1, -0.05) is 18.5 Å². The lowest BCUT2D eigenvalue weighted by Gasteiger charge is -2.19. The average molecular weight is 378 g/mol. The fourth-order valence-electron chi connectivity index (χ4n) is 2.41. The number of hydrogen-bond donors (Lipinski definition) is 0. The first kappa shape index (κ1) is 18.7. The topological polar surface area (TPSA) is 66.2 Å². The summed E-state index contributed by atoms with van der Waals surface area (Å²) in [5, 5.41) is 4.43. The van der Waals surface area contributed by atoms with Crippen molar-refractivity contribution in [3.63, 3.8) is 0 Å². The summed E-state index contributed by atoms with van der Waals surface area (Å²) in [7, 11) is 0. The minimum atomic E-state index is -0.592. The summed E-state index contributed by atoms with van der Waals surface area (Å²) in [5.41, 5.74) is 0.0895. The normalized spacial score (nSPS) is 15.6. The van der Waals surface area contributed by atoms with Gasteiger partial charge in [0.25, 0.3) is 0 Å². The summed E-state index contributed by atoms with van der Waals surface area (Å²) < 4.78 is 12.6. The van der Waals surface area contributed by atoms with Gasteiger partial charge in [-0.2, -0.15) is 0 Å². The van der Waals surface area contributed by atoms with E-state index in [1.807, 2.05) is 0 Å². The van der Waals surface area contributed by atoms with Crippen molar-refractivity contribution in [1.82, 2.24) is 14.8 Å². The Morgan fingerprint density at radius 1 is 1.31 bits per heavy atom. The highest BCUT2D eigenvalue weighted by molar-refractivity contribution is 6.32. The van der Waals surface area contributed by atoms with E-state index < -0.39 is 11.6 Å². The molecule has 26 heavy (non-hydrogen) atoms. The Hall–Kier alpha value is -2.08. The van der Waals surface area contributed by atoms with Gasteiger partial charge in [-0.15, -0.1) is 5.10 Å². The van der Waals surface area contributed by atoms with E-state index in [0.29, 0.717) is 23.7 Å². The van der Waals surface area contributed by atoms with E-state index in [0.717, 1.165) is 6.42 Å². The predicted molar refractivity (Wildman–Crippen MR) is 99.0 cm³/mol. The van der Waals surface area contributed by atoms with Crippen LogP contribution in [0, 0.1) is 5.41 Å². The number of hydrogen-bond acceptors (Lipinski definition) is 5. The van der Waals surface area contributed by atoms with Crippen LogP contribution in [0.4, 0.5) is 0 Å². The van der Waals surface area contributed by atoms with Gasteiger partial charge < -0.3 is 9.47 Å². The van der Waals surface area contributed by atoms with Gasteiger partial charge in [-0.05, 0) is 57.6 Å². The summed E-state index contributed by atoms with van der Waals surface area (Å²) in [6, 6.07) is 5.05. The maximum atomic E-state index is 12.1. The van der Waals surface area contributed by atoms with Crippen LogP contribution in [-0.4, -0.2) is 32.9 Å². The molecule has 0 aliphatic heterocycles. The van der Waals surface area contributed by atoms with Crippen LogP contribution in [-0.2, 0) is 4.74 Å². The second-order valence-electron chi connectivity index (χ2n) is 8.02. The molecule has 0 bridgehead atoms. The van der Waals surface area contributed by atoms with Gasteiger partial charge in [-0.3, -0.25) is 0 Å². The highest BCUT2D eigenvalue weighted by atomic mass is 35.5. The third-order valence-corrected chi connectivity index (χ3v) is 4.60. The first-order valence-corrected chi connectivity index (χ1v) is 9.12. The molecule has 0 amide bonds. The van der Waals surface area contributed by atoms with Gasteiger partial charge >= 0.3 is 5.97 Å². The van der Waals surface area contributed by atoms with Crippen molar-refractivity contribution >= 4 is 17.6 Å². The third-order valence-electron chi connectivity index (χ3n) is 4.31. The molecule has 0 N–H and O–H groups in total. The lowest BCUT2D eigenvalue weighted by molar-refractivity contribution is 0.00693. The first-order chi connectivity index (χ1) is 12.2. The van der Waals surface area contributed by atoms with Crippen molar-refractivity contribution < 1.29 is 14.3 Å². The third kappa shape index (κ3) is 4.75. The van der Waals surface area contributed by atoms with Crippen LogP contribution >= 0.6 is 11.6 Å². The molecule has 0 radical (unpaired) electrons. The molecule has 2 aromatic rings. The molecule has 0 aromatic carbocycles. The summed E-state index contributed by atoms with van der Waals surface area (Å²) in [4.78, 5) is 16.4. The smallest absolute Gasteiger partial charge is 0.341 e. The second kappa shape index (κ2) is 6.91. The van der Waals surface area contributed by atoms with E-state index in [2.05, 4.69) is 17.0 Å². The lowest BCUT2D eigenvalue weighted by atomic mass is 10.1. The Labute approximate surface area is 158 Å². The van der Waals surface area contributed by atoms with Gasteiger partial charge in [0.1, 0.15) is 10.8 Å². The Kier molecular flexibility index (Phi) is 4.97. The molecular formula is C19H24ClN3O3. The Bertz CT molecular complexity index is 807. The predicted octanol–water partition coefficient (Wildman–Crippen LogP) is 4.45. The van der Waals surface area contributed by atoms with Crippen molar-refractivity contribution in [2.45, 2.75) is 52.6 Å². The monoisotopic (exact) mass is 377 g/mol. The average Bonchev–Trinajstić information content (AvgIpc) is 3.07. The number of nitrogens with zero attached hydrogens (tertiary/aromatic N) is 3. The maximum Gasteiger partial charge on any atom is 0.341 e. The first-order valence-electron chi connectivity index (χ1n) is 8.74. The minimum Gasteiger partial charge on any atom is -0.477 e. The highest BCUT2D eigenvalue weighted by Gasteiger charge is 2.36. The number of halogens is 1. The Balaban J connectivity index is 1.66. The van der Waals surface area contributed by atoms with E-state index in [4.69, 9.17) is 21.1 Å². The zero-order valence-electron chi connectivity index (χ0n) is 15.6. The molecule has 140 valence electrons. The minimum absolute atomic E-state index is 0.0800. The molecule has 1 saturated carbocycles. The number of ether oxygens (including phenoxy) is 2. The second-order valence-corrected chi connectivity index (χ2v) is 8.38. The van der Waals surface area contributed by atoms with E-state index >= 15 is 0 Å². The van der Waals surface area contributed by atoms with Crippen LogP contribution < -0.4 is 4.74 Å². The van der Waals surface area contributed by atoms with Crippen LogP contribution in [0.3, 0.4) is 0 Å². The zero-order chi connectivity index (χ0) is 18.9. The van der Waals surface area contributed by atoms with E-state index in [1.54, 1.807) is 49.8 Å². The van der Waals surface area contributed by atoms with Gasteiger partial charge in [-0.25, -0.2) is 14.5 Å². The van der Waals surface area contributed by atoms with Crippen molar-refractivity contribution in [3.8, 4) is 11.7 Å². The molecular weight excluding hydrogens is 354 g/mol. The van der Waals surface area contributed by atoms with Gasteiger partial charge in [0.2, 0.25) is 5.88 Å². The van der Waals surface area contributed by atoms with Crippen LogP contribution in [0.5, 0.6) is 5.88 Å². The Morgan fingerprint density at radius 3 is 2.65 bits per heavy atom. The maximum absolute atomic E-state index is 12.1. The molecule has 2 heterocycles. The number of carbonyl (C=O) groups is 1. The number of pyridine rings is 1. The molecule has 2 aromatic heterocycles. The molecule has 0 unspecified atom stereocenters. The van der Waals surface area contributed by atoms with Gasteiger partial charge in [0.15, 0.2) is 5.82 Å². The number of aromatic nitrogens is 3. The quantitative estimate of drug-likeness (QED) is 0.549. The summed E-state index contributed by atoms with van der Waals surface area (Å²) in [6.45, 7) is 8.33. The summed E-state index contributed by atoms with van der Waals surface area (Å²) in [5.74, 6) is 0.550. The summed E-state index contributed by atoms with van der Waals surface area (Å²) >= 11 is 6.17. The lowest BCUT2D eigenvalue weighted by Crippen LogP contribution is -2.24. The van der Waals surface area contributed by atoms with Crippen LogP contribution in [0.15, 0.2) is 24.4 Å². The van der Waals surface area contributed by atoms with Gasteiger partial charge in [0.05, 0.1) is 12.2 Å². The van der Waals surface area contributed by atoms with Crippen molar-refractivity contribution in [2.24, 2.45) is 5.41 Å². The highest BCUT2D eigenvalue weighted by Crippen LogP contribution is 2.47. The van der Waals surface area contributed by atoms with E-state index in [1.165, 1.54) is 12.8 Å². The number of esters is 1. The molecule has 1 fully saturated rings. The van der Waals surface area contributed by atoms with Crippen LogP contribution in [0.2, 0.25) is 5.15 Å². The molecule has 0 spiro atoms. The van der Waals surface area contributed by atoms with Gasteiger partial charge in [0, 0.05) is 12.3 Å². The van der Waals surface area contributed by atoms with Crippen molar-refractivity contribution in [1.29, 1.82) is 0 Å². The fourth-order valence-corrected chi connectivity index (χ4v) is 2.64. The fraction of sp³-hybridized carbons (Fsp3) is 0.526.